The summed E-state index contributed by atoms with van der Waals surface area (Å²) in [5, 5.41) is 12.3. The van der Waals surface area contributed by atoms with Crippen LogP contribution in [-0.2, 0) is 31.6 Å². The number of aryl methyl sites for hydroxylation is 1. The van der Waals surface area contributed by atoms with Crippen molar-refractivity contribution in [2.45, 2.75) is 48.2 Å². The normalized spacial score (nSPS) is 16.8. The second-order valence-electron chi connectivity index (χ2n) is 8.54. The van der Waals surface area contributed by atoms with Crippen molar-refractivity contribution in [1.82, 2.24) is 5.32 Å². The Hall–Kier alpha value is -2.91. The number of sulfonamides is 1. The molecule has 1 heterocycles. The Balaban J connectivity index is 2.10. The fourth-order valence-corrected chi connectivity index (χ4v) is 5.81. The van der Waals surface area contributed by atoms with Crippen molar-refractivity contribution in [2.24, 2.45) is 0 Å². The van der Waals surface area contributed by atoms with Crippen molar-refractivity contribution < 1.29 is 53.8 Å². The highest BCUT2D eigenvalue weighted by Crippen LogP contribution is 2.51. The lowest BCUT2D eigenvalue weighted by atomic mass is 9.88. The number of amides is 1. The number of hydrogen-bond acceptors (Lipinski definition) is 5. The van der Waals surface area contributed by atoms with Gasteiger partial charge in [0, 0.05) is 25.6 Å². The van der Waals surface area contributed by atoms with E-state index >= 15 is 0 Å². The first-order valence-electron chi connectivity index (χ1n) is 11.1. The number of nitrogens with zero attached hydrogens (tertiary/aromatic N) is 1. The first-order valence-corrected chi connectivity index (χ1v) is 12.5. The largest absolute Gasteiger partial charge is 0.430 e. The third-order valence-electron chi connectivity index (χ3n) is 6.07. The lowest BCUT2D eigenvalue weighted by molar-refractivity contribution is -0.376. The maximum absolute atomic E-state index is 13.6. The van der Waals surface area contributed by atoms with Gasteiger partial charge in [-0.3, -0.25) is 9.10 Å². The molecule has 1 amide bonds. The van der Waals surface area contributed by atoms with Gasteiger partial charge in [-0.2, -0.15) is 26.3 Å². The number of carbonyl (C=O) groups excluding carboxylic acids is 1. The maximum Gasteiger partial charge on any atom is 0.430 e. The molecule has 38 heavy (non-hydrogen) atoms. The molecule has 2 aromatic rings. The number of carbonyl (C=O) groups is 1. The number of benzene rings is 2. The molecule has 3 rings (SSSR count). The van der Waals surface area contributed by atoms with Crippen LogP contribution >= 0.6 is 0 Å². The molecule has 0 aliphatic carbocycles. The third kappa shape index (κ3) is 5.59. The molecule has 1 atom stereocenters. The molecule has 7 nitrogen and oxygen atoms in total. The topological polar surface area (TPSA) is 95.9 Å². The number of aliphatic hydroxyl groups is 1. The van der Waals surface area contributed by atoms with E-state index in [1.165, 1.54) is 7.11 Å². The van der Waals surface area contributed by atoms with E-state index in [-0.39, 0.29) is 43.7 Å². The molecule has 0 spiro atoms. The minimum atomic E-state index is -6.12. The second kappa shape index (κ2) is 10.7. The van der Waals surface area contributed by atoms with Crippen LogP contribution in [0.1, 0.15) is 24.0 Å². The maximum atomic E-state index is 13.6. The zero-order valence-electron chi connectivity index (χ0n) is 19.7. The summed E-state index contributed by atoms with van der Waals surface area (Å²) in [4.78, 5) is 11.7. The van der Waals surface area contributed by atoms with Gasteiger partial charge < -0.3 is 15.2 Å². The van der Waals surface area contributed by atoms with Gasteiger partial charge in [0.25, 0.3) is 15.6 Å². The van der Waals surface area contributed by atoms with Gasteiger partial charge in [0.15, 0.2) is 0 Å². The zero-order chi connectivity index (χ0) is 28.5. The number of halogens is 7. The number of alkyl halides is 6. The molecule has 1 aliphatic rings. The molecule has 0 bridgehead atoms. The van der Waals surface area contributed by atoms with Crippen LogP contribution < -0.4 is 9.62 Å². The standard InChI is InChI=1S/C23H23F7N2O5S/c1-37-11-10-20(33)31-13-17-6-2-14-12-15(21(34,22(25,26)27)23(28,29)30)3-9-19(14)32(17)38(35,36)18-7-4-16(24)5-8-18/h3-5,7-9,12,17,34H,2,6,10-11,13H2,1H3,(H,31,33). The van der Waals surface area contributed by atoms with Crippen LogP contribution in [0.2, 0.25) is 0 Å². The van der Waals surface area contributed by atoms with Crippen LogP contribution in [-0.4, -0.2) is 58.1 Å². The van der Waals surface area contributed by atoms with Gasteiger partial charge in [-0.05, 0) is 48.7 Å². The number of fused-ring (bicyclic) bond motifs is 1. The summed E-state index contributed by atoms with van der Waals surface area (Å²) in [7, 11) is -3.16. The van der Waals surface area contributed by atoms with E-state index in [1.54, 1.807) is 0 Å². The average Bonchev–Trinajstić information content (AvgIpc) is 2.83. The van der Waals surface area contributed by atoms with Crippen LogP contribution in [0.3, 0.4) is 0 Å². The van der Waals surface area contributed by atoms with Gasteiger partial charge in [0.1, 0.15) is 5.82 Å². The van der Waals surface area contributed by atoms with Gasteiger partial charge >= 0.3 is 12.4 Å². The fourth-order valence-electron chi connectivity index (χ4n) is 4.10. The van der Waals surface area contributed by atoms with Gasteiger partial charge in [-0.25, -0.2) is 12.8 Å². The molecule has 1 aliphatic heterocycles. The van der Waals surface area contributed by atoms with E-state index in [4.69, 9.17) is 4.74 Å². The molecule has 0 saturated carbocycles. The van der Waals surface area contributed by atoms with Gasteiger partial charge in [-0.15, -0.1) is 0 Å². The van der Waals surface area contributed by atoms with E-state index in [0.29, 0.717) is 12.1 Å². The quantitative estimate of drug-likeness (QED) is 0.470. The number of nitrogens with one attached hydrogen (secondary N) is 1. The van der Waals surface area contributed by atoms with E-state index in [1.807, 2.05) is 0 Å². The van der Waals surface area contributed by atoms with Gasteiger partial charge in [0.2, 0.25) is 5.91 Å². The van der Waals surface area contributed by atoms with Crippen LogP contribution in [0.5, 0.6) is 0 Å². The summed E-state index contributed by atoms with van der Waals surface area (Å²) < 4.78 is 127. The Labute approximate surface area is 213 Å². The summed E-state index contributed by atoms with van der Waals surface area (Å²) in [6.45, 7) is -0.153. The second-order valence-corrected chi connectivity index (χ2v) is 10.4. The lowest BCUT2D eigenvalue weighted by Gasteiger charge is -2.39. The van der Waals surface area contributed by atoms with E-state index in [0.717, 1.165) is 34.6 Å². The fraction of sp³-hybridized carbons (Fsp3) is 0.435. The Morgan fingerprint density at radius 3 is 2.24 bits per heavy atom. The van der Waals surface area contributed by atoms with Gasteiger partial charge in [0.05, 0.1) is 23.2 Å². The van der Waals surface area contributed by atoms with Crippen molar-refractivity contribution in [1.29, 1.82) is 0 Å². The average molecular weight is 572 g/mol. The Morgan fingerprint density at radius 1 is 1.08 bits per heavy atom. The molecule has 0 saturated heterocycles. The monoisotopic (exact) mass is 572 g/mol. The highest BCUT2D eigenvalue weighted by Gasteiger charge is 2.71. The van der Waals surface area contributed by atoms with Crippen LogP contribution in [0.25, 0.3) is 0 Å². The summed E-state index contributed by atoms with van der Waals surface area (Å²) in [5.41, 5.74) is -7.17. The molecule has 0 aromatic heterocycles. The molecule has 210 valence electrons. The first-order chi connectivity index (χ1) is 17.5. The smallest absolute Gasteiger partial charge is 0.384 e. The number of rotatable bonds is 8. The number of ether oxygens (including phenoxy) is 1. The lowest BCUT2D eigenvalue weighted by Crippen LogP contribution is -2.54. The first kappa shape index (κ1) is 29.6. The van der Waals surface area contributed by atoms with E-state index in [2.05, 4.69) is 5.32 Å². The van der Waals surface area contributed by atoms with Crippen molar-refractivity contribution in [2.75, 3.05) is 24.6 Å². The minimum absolute atomic E-state index is 0.0403. The summed E-state index contributed by atoms with van der Waals surface area (Å²) in [5.74, 6) is -1.22. The van der Waals surface area contributed by atoms with Crippen LogP contribution in [0.15, 0.2) is 47.4 Å². The molecule has 0 radical (unpaired) electrons. The predicted molar refractivity (Wildman–Crippen MR) is 120 cm³/mol. The van der Waals surface area contributed by atoms with E-state index in [9.17, 15) is 49.1 Å². The molecule has 15 heteroatoms. The Morgan fingerprint density at radius 2 is 1.68 bits per heavy atom. The minimum Gasteiger partial charge on any atom is -0.384 e. The summed E-state index contributed by atoms with van der Waals surface area (Å²) in [6.07, 6.45) is -12.5. The molecule has 2 aromatic carbocycles. The molecule has 1 unspecified atom stereocenters. The third-order valence-corrected chi connectivity index (χ3v) is 7.95. The molecule has 0 fully saturated rings. The van der Waals surface area contributed by atoms with Crippen molar-refractivity contribution >= 4 is 21.6 Å². The number of anilines is 1. The highest BCUT2D eigenvalue weighted by molar-refractivity contribution is 7.92. The Kier molecular flexibility index (Phi) is 8.34. The predicted octanol–water partition coefficient (Wildman–Crippen LogP) is 3.80. The number of hydrogen-bond donors (Lipinski definition) is 2. The van der Waals surface area contributed by atoms with Crippen LogP contribution in [0, 0.1) is 5.82 Å². The van der Waals surface area contributed by atoms with Crippen LogP contribution in [0.4, 0.5) is 36.4 Å². The SMILES string of the molecule is COCCC(=O)NCC1CCc2cc(C(O)(C(F)(F)F)C(F)(F)F)ccc2N1S(=O)(=O)c1ccc(F)cc1. The Bertz CT molecular complexity index is 1250. The number of methoxy groups -OCH3 is 1. The molecule has 2 N–H and O–H groups in total. The summed E-state index contributed by atoms with van der Waals surface area (Å²) >= 11 is 0. The molecular weight excluding hydrogens is 549 g/mol. The van der Waals surface area contributed by atoms with Crippen molar-refractivity contribution in [3.05, 3.63) is 59.4 Å². The summed E-state index contributed by atoms with van der Waals surface area (Å²) in [6, 6.07) is 4.22. The van der Waals surface area contributed by atoms with Crippen molar-refractivity contribution in [3.8, 4) is 0 Å². The molecular formula is C23H23F7N2O5S. The van der Waals surface area contributed by atoms with Crippen molar-refractivity contribution in [3.63, 3.8) is 0 Å². The zero-order valence-corrected chi connectivity index (χ0v) is 20.6. The van der Waals surface area contributed by atoms with Gasteiger partial charge in [-0.1, -0.05) is 12.1 Å². The van der Waals surface area contributed by atoms with E-state index < -0.39 is 56.2 Å². The highest BCUT2D eigenvalue weighted by atomic mass is 32.2.